The summed E-state index contributed by atoms with van der Waals surface area (Å²) in [5, 5.41) is 48.0. The number of nitrogens with zero attached hydrogens (tertiary/aromatic N) is 4. The van der Waals surface area contributed by atoms with E-state index in [2.05, 4.69) is 12.7 Å². The van der Waals surface area contributed by atoms with Gasteiger partial charge in [0.1, 0.15) is 29.9 Å². The largest absolute Gasteiger partial charge is 0.459 e. The highest BCUT2D eigenvalue weighted by Crippen LogP contribution is 2.62. The molecule has 0 saturated heterocycles. The monoisotopic (exact) mass is 948 g/mol. The van der Waals surface area contributed by atoms with E-state index in [-0.39, 0.29) is 81.8 Å². The van der Waals surface area contributed by atoms with Crippen LogP contribution in [0.1, 0.15) is 74.5 Å². The molecule has 4 aromatic carbocycles. The zero-order chi connectivity index (χ0) is 48.5. The van der Waals surface area contributed by atoms with Gasteiger partial charge < -0.3 is 43.5 Å². The number of unbranched alkanes of at least 4 members (excludes halogenated alkanes) is 2. The average molecular weight is 949 g/mol. The Hall–Kier alpha value is -7.02. The first-order valence-corrected chi connectivity index (χ1v) is 23.2. The predicted molar refractivity (Wildman–Crippen MR) is 251 cm³/mol. The smallest absolute Gasteiger partial charge is 0.410 e. The van der Waals surface area contributed by atoms with Crippen molar-refractivity contribution in [1.82, 2.24) is 4.90 Å². The normalized spacial score (nSPS) is 22.3. The molecular weight excluding hydrogens is 893 g/mol. The first-order chi connectivity index (χ1) is 33.6. The minimum atomic E-state index is -1.62. The number of fused-ring (bicyclic) bond motifs is 3. The fraction of sp³-hybridized carbons (Fsp3) is 0.412. The number of oxime groups is 1. The molecule has 0 bridgehead atoms. The molecule has 18 heteroatoms. The SMILES string of the molecule is C=CCO[C@@]12Oc3ccc(Oc4cccc([N+](=O)[O-])c4)cc3[C@H]3[C@H](CCCCO)[C@@H](CCCCO)C=C(C(=NOCc4ccc([N+](=O)[O-])cc4)C[C@@H]1N(Cc1ccc4c(c1)OCO4)C(=O)OCC)[C@H]32. The lowest BCUT2D eigenvalue weighted by atomic mass is 9.55. The molecule has 2 heterocycles. The summed E-state index contributed by atoms with van der Waals surface area (Å²) in [5.41, 5.74) is 3.24. The molecule has 4 aromatic rings. The highest BCUT2D eigenvalue weighted by atomic mass is 16.7. The van der Waals surface area contributed by atoms with E-state index >= 15 is 0 Å². The molecule has 364 valence electrons. The highest BCUT2D eigenvalue weighted by Gasteiger charge is 2.65. The van der Waals surface area contributed by atoms with E-state index in [9.17, 15) is 35.2 Å². The number of nitro benzene ring substituents is 2. The van der Waals surface area contributed by atoms with Crippen molar-refractivity contribution in [2.24, 2.45) is 22.9 Å². The first kappa shape index (κ1) is 48.4. The lowest BCUT2D eigenvalue weighted by molar-refractivity contribution is -0.385. The van der Waals surface area contributed by atoms with Crippen LogP contribution in [-0.4, -0.2) is 81.8 Å². The van der Waals surface area contributed by atoms with Crippen LogP contribution in [-0.2, 0) is 27.5 Å². The van der Waals surface area contributed by atoms with E-state index in [1.54, 1.807) is 60.4 Å². The van der Waals surface area contributed by atoms with Crippen molar-refractivity contribution in [2.45, 2.75) is 82.8 Å². The first-order valence-electron chi connectivity index (χ1n) is 23.2. The number of amides is 1. The van der Waals surface area contributed by atoms with Gasteiger partial charge in [-0.2, -0.15) is 0 Å². The molecule has 6 atom stereocenters. The van der Waals surface area contributed by atoms with Gasteiger partial charge in [0.05, 0.1) is 40.8 Å². The number of non-ortho nitro benzene ring substituents is 2. The molecule has 0 spiro atoms. The van der Waals surface area contributed by atoms with Crippen LogP contribution >= 0.6 is 0 Å². The standard InChI is InChI=1S/C51H56N4O14/c1-3-24-66-51-47(53(50(58)63-4-2)30-34-16-20-45-46(25-34)65-32-64-45)29-43(52-67-31-33-14-17-36(18-15-33)54(59)60)41-26-35(10-5-7-22-56)40(13-6-8-23-57)48(49(41)51)42-28-39(19-21-44(42)69-51)68-38-12-9-11-37(27-38)55(61)62/h3,9,11-12,14-21,25-28,35,40,47-49,56-57H,1,4-8,10,13,22-24,29-32H2,2H3/t35-,40+,47-,48+,49+,51+/m0/s1. The van der Waals surface area contributed by atoms with Gasteiger partial charge in [-0.15, -0.1) is 6.58 Å². The number of hydrogen-bond acceptors (Lipinski definition) is 15. The number of ether oxygens (including phenoxy) is 6. The Kier molecular flexibility index (Phi) is 15.4. The van der Waals surface area contributed by atoms with E-state index in [4.69, 9.17) is 38.4 Å². The molecular formula is C51H56N4O14. The summed E-state index contributed by atoms with van der Waals surface area (Å²) in [6.07, 6.45) is 7.20. The minimum Gasteiger partial charge on any atom is -0.459 e. The summed E-state index contributed by atoms with van der Waals surface area (Å²) >= 11 is 0. The van der Waals surface area contributed by atoms with Gasteiger partial charge in [-0.05, 0) is 110 Å². The molecule has 1 saturated carbocycles. The third-order valence-corrected chi connectivity index (χ3v) is 13.1. The maximum absolute atomic E-state index is 14.6. The topological polar surface area (TPSA) is 224 Å². The number of aliphatic hydroxyl groups is 2. The van der Waals surface area contributed by atoms with Crippen molar-refractivity contribution in [3.8, 4) is 28.7 Å². The Morgan fingerprint density at radius 2 is 1.61 bits per heavy atom. The average Bonchev–Trinajstić information content (AvgIpc) is 3.82. The van der Waals surface area contributed by atoms with Crippen LogP contribution in [0.2, 0.25) is 0 Å². The van der Waals surface area contributed by atoms with Crippen LogP contribution < -0.4 is 18.9 Å². The van der Waals surface area contributed by atoms with E-state index in [0.717, 1.165) is 11.1 Å². The van der Waals surface area contributed by atoms with Crippen molar-refractivity contribution >= 4 is 23.2 Å². The second-order valence-electron chi connectivity index (χ2n) is 17.3. The third kappa shape index (κ3) is 10.5. The number of nitro groups is 2. The van der Waals surface area contributed by atoms with E-state index in [0.29, 0.717) is 78.4 Å². The molecule has 2 N–H and O–H groups in total. The molecule has 69 heavy (non-hydrogen) atoms. The number of aliphatic hydroxyl groups excluding tert-OH is 2. The summed E-state index contributed by atoms with van der Waals surface area (Å²) in [6.45, 7) is 5.93. The van der Waals surface area contributed by atoms with Gasteiger partial charge in [-0.1, -0.05) is 42.3 Å². The van der Waals surface area contributed by atoms with Crippen LogP contribution in [0.4, 0.5) is 16.2 Å². The zero-order valence-electron chi connectivity index (χ0n) is 38.3. The molecule has 2 aliphatic heterocycles. The van der Waals surface area contributed by atoms with Gasteiger partial charge in [0.15, 0.2) is 11.5 Å². The zero-order valence-corrected chi connectivity index (χ0v) is 38.3. The van der Waals surface area contributed by atoms with Crippen molar-refractivity contribution in [1.29, 1.82) is 0 Å². The maximum atomic E-state index is 14.6. The quantitative estimate of drug-likeness (QED) is 0.0324. The van der Waals surface area contributed by atoms with Gasteiger partial charge >= 0.3 is 6.09 Å². The molecule has 1 amide bonds. The van der Waals surface area contributed by atoms with E-state index in [1.165, 1.54) is 24.3 Å². The second kappa shape index (κ2) is 21.9. The van der Waals surface area contributed by atoms with Crippen molar-refractivity contribution < 1.29 is 58.1 Å². The Labute approximate surface area is 399 Å². The lowest BCUT2D eigenvalue weighted by Gasteiger charge is -2.59. The number of allylic oxidation sites excluding steroid dienone is 1. The highest BCUT2D eigenvalue weighted by molar-refractivity contribution is 6.03. The predicted octanol–water partition coefficient (Wildman–Crippen LogP) is 9.52. The van der Waals surface area contributed by atoms with Crippen molar-refractivity contribution in [3.63, 3.8) is 0 Å². The summed E-state index contributed by atoms with van der Waals surface area (Å²) in [7, 11) is 0. The summed E-state index contributed by atoms with van der Waals surface area (Å²) in [4.78, 5) is 44.6. The van der Waals surface area contributed by atoms with Crippen LogP contribution in [0.5, 0.6) is 28.7 Å². The minimum absolute atomic E-state index is 0.00367. The van der Waals surface area contributed by atoms with E-state index < -0.39 is 39.6 Å². The lowest BCUT2D eigenvalue weighted by Crippen LogP contribution is -2.70. The van der Waals surface area contributed by atoms with Gasteiger partial charge in [0.2, 0.25) is 12.6 Å². The Balaban J connectivity index is 1.32. The molecule has 0 unspecified atom stereocenters. The Morgan fingerprint density at radius 1 is 0.884 bits per heavy atom. The van der Waals surface area contributed by atoms with Crippen LogP contribution in [0.25, 0.3) is 0 Å². The Morgan fingerprint density at radius 3 is 2.35 bits per heavy atom. The Bertz CT molecular complexity index is 2570. The summed E-state index contributed by atoms with van der Waals surface area (Å²) in [5.74, 6) is -0.661. The molecule has 0 radical (unpaired) electrons. The number of carbonyl (C=O) groups is 1. The van der Waals surface area contributed by atoms with Crippen LogP contribution in [0, 0.1) is 38.0 Å². The number of benzene rings is 4. The molecule has 1 fully saturated rings. The summed E-state index contributed by atoms with van der Waals surface area (Å²) < 4.78 is 37.9. The number of hydrogen-bond donors (Lipinski definition) is 2. The third-order valence-electron chi connectivity index (χ3n) is 13.1. The van der Waals surface area contributed by atoms with E-state index in [1.807, 2.05) is 18.2 Å². The summed E-state index contributed by atoms with van der Waals surface area (Å²) in [6, 6.07) is 21.9. The van der Waals surface area contributed by atoms with Crippen LogP contribution in [0.15, 0.2) is 114 Å². The molecule has 2 aliphatic carbocycles. The van der Waals surface area contributed by atoms with Gasteiger partial charge in [-0.3, -0.25) is 25.1 Å². The second-order valence-corrected chi connectivity index (χ2v) is 17.3. The molecule has 0 aromatic heterocycles. The fourth-order valence-electron chi connectivity index (χ4n) is 10.2. The van der Waals surface area contributed by atoms with Crippen molar-refractivity contribution in [2.75, 3.05) is 33.2 Å². The molecule has 8 rings (SSSR count). The van der Waals surface area contributed by atoms with Crippen molar-refractivity contribution in [3.05, 3.63) is 146 Å². The number of rotatable bonds is 22. The molecule has 18 nitrogen and oxygen atoms in total. The maximum Gasteiger partial charge on any atom is 0.410 e. The molecule has 4 aliphatic rings. The fourth-order valence-corrected chi connectivity index (χ4v) is 10.2. The van der Waals surface area contributed by atoms with Gasteiger partial charge in [0.25, 0.3) is 11.4 Å². The van der Waals surface area contributed by atoms with Crippen LogP contribution in [0.3, 0.4) is 0 Å². The van der Waals surface area contributed by atoms with Gasteiger partial charge in [-0.25, -0.2) is 4.79 Å². The van der Waals surface area contributed by atoms with Gasteiger partial charge in [0, 0.05) is 55.9 Å². The number of carbonyl (C=O) groups excluding carboxylic acids is 1.